The van der Waals surface area contributed by atoms with E-state index in [0.717, 1.165) is 76.2 Å². The summed E-state index contributed by atoms with van der Waals surface area (Å²) in [5, 5.41) is 3.43. The average molecular weight is 593 g/mol. The fraction of sp³-hybridized carbons (Fsp3) is 0.650. The van der Waals surface area contributed by atoms with Crippen molar-refractivity contribution in [3.8, 4) is 0 Å². The van der Waals surface area contributed by atoms with Crippen LogP contribution in [-0.4, -0.2) is 84.8 Å². The third-order valence-corrected chi connectivity index (χ3v) is 9.39. The summed E-state index contributed by atoms with van der Waals surface area (Å²) in [6, 6.07) is 0. The lowest BCUT2D eigenvalue weighted by atomic mass is 10.2. The molecule has 3 heterocycles. The van der Waals surface area contributed by atoms with Gasteiger partial charge in [-0.1, -0.05) is 0 Å². The molecule has 2 fully saturated rings. The molecule has 9 heteroatoms. The lowest BCUT2D eigenvalue weighted by Crippen LogP contribution is -2.51. The Kier molecular flexibility index (Phi) is 7.23. The second-order valence-corrected chi connectivity index (χ2v) is 10.2. The van der Waals surface area contributed by atoms with E-state index in [9.17, 15) is 0 Å². The lowest BCUT2D eigenvalue weighted by Gasteiger charge is -2.37. The molecule has 0 saturated carbocycles. The first-order chi connectivity index (χ1) is 14.0. The van der Waals surface area contributed by atoms with E-state index in [2.05, 4.69) is 86.2 Å². The first-order valence-electron chi connectivity index (χ1n) is 10.4. The number of anilines is 1. The highest BCUT2D eigenvalue weighted by molar-refractivity contribution is 9.13. The van der Waals surface area contributed by atoms with Crippen LogP contribution in [-0.2, 0) is 6.54 Å². The summed E-state index contributed by atoms with van der Waals surface area (Å²) in [5.41, 5.74) is 3.37. The molecule has 0 bridgehead atoms. The van der Waals surface area contributed by atoms with E-state index in [1.165, 1.54) is 31.7 Å². The Hall–Kier alpha value is -0.190. The Bertz CT molecular complexity index is 869. The third kappa shape index (κ3) is 4.41. The number of hydrogen-bond acceptors (Lipinski definition) is 5. The number of hydrogen-bond donors (Lipinski definition) is 1. The summed E-state index contributed by atoms with van der Waals surface area (Å²) < 4.78 is 5.59. The first-order valence-corrected chi connectivity index (χ1v) is 12.8. The largest absolute Gasteiger partial charge is 0.340 e. The van der Waals surface area contributed by atoms with Crippen molar-refractivity contribution in [2.75, 3.05) is 70.3 Å². The Morgan fingerprint density at radius 2 is 1.48 bits per heavy atom. The molecule has 0 amide bonds. The first kappa shape index (κ1) is 22.0. The van der Waals surface area contributed by atoms with Gasteiger partial charge >= 0.3 is 0 Å². The number of nitrogens with one attached hydrogen (secondary N) is 1. The zero-order valence-corrected chi connectivity index (χ0v) is 21.9. The highest BCUT2D eigenvalue weighted by Crippen LogP contribution is 2.41. The van der Waals surface area contributed by atoms with Crippen molar-refractivity contribution in [1.29, 1.82) is 0 Å². The lowest BCUT2D eigenvalue weighted by molar-refractivity contribution is 0.182. The quantitative estimate of drug-likeness (QED) is 0.537. The molecule has 2 aliphatic rings. The van der Waals surface area contributed by atoms with Crippen LogP contribution in [0.1, 0.15) is 12.5 Å². The van der Waals surface area contributed by atoms with Crippen molar-refractivity contribution < 1.29 is 0 Å². The van der Waals surface area contributed by atoms with E-state index in [1.807, 2.05) is 0 Å². The van der Waals surface area contributed by atoms with Gasteiger partial charge in [0.25, 0.3) is 0 Å². The summed E-state index contributed by atoms with van der Waals surface area (Å²) >= 11 is 11.3. The second kappa shape index (κ2) is 9.53. The van der Waals surface area contributed by atoms with Gasteiger partial charge in [-0.2, -0.15) is 0 Å². The molecule has 4 rings (SSSR count). The van der Waals surface area contributed by atoms with Crippen molar-refractivity contribution in [2.45, 2.75) is 20.4 Å². The minimum atomic E-state index is 0.898. The average Bonchev–Trinajstić information content (AvgIpc) is 3.15. The van der Waals surface area contributed by atoms with Gasteiger partial charge in [0.05, 0.1) is 9.99 Å². The maximum Gasteiger partial charge on any atom is 0.206 e. The van der Waals surface area contributed by atoms with Crippen LogP contribution in [0.15, 0.2) is 13.4 Å². The van der Waals surface area contributed by atoms with Crippen LogP contribution >= 0.6 is 47.8 Å². The van der Waals surface area contributed by atoms with Crippen LogP contribution in [0.5, 0.6) is 0 Å². The van der Waals surface area contributed by atoms with Gasteiger partial charge in [0.2, 0.25) is 5.95 Å². The molecule has 1 N–H and O–H groups in total. The van der Waals surface area contributed by atoms with E-state index in [1.54, 1.807) is 0 Å². The van der Waals surface area contributed by atoms with E-state index in [0.29, 0.717) is 0 Å². The molecule has 2 aromatic rings. The highest BCUT2D eigenvalue weighted by atomic mass is 79.9. The summed E-state index contributed by atoms with van der Waals surface area (Å²) in [6.07, 6.45) is 0. The van der Waals surface area contributed by atoms with E-state index in [4.69, 9.17) is 4.98 Å². The minimum Gasteiger partial charge on any atom is -0.340 e. The van der Waals surface area contributed by atoms with Crippen LogP contribution in [0.25, 0.3) is 11.0 Å². The summed E-state index contributed by atoms with van der Waals surface area (Å²) in [7, 11) is 0. The van der Waals surface area contributed by atoms with Crippen LogP contribution in [0.2, 0.25) is 0 Å². The van der Waals surface area contributed by atoms with E-state index < -0.39 is 0 Å². The van der Waals surface area contributed by atoms with Crippen LogP contribution in [0, 0.1) is 6.92 Å². The molecule has 0 spiro atoms. The molecule has 0 atom stereocenters. The number of imidazole rings is 1. The standard InChI is InChI=1S/C20H29Br3N6/c1-3-29-19-17(23)15(21)14(2)16(22)18(19)25-20(29)28-12-10-27(11-13-28)9-8-26-6-4-24-5-7-26/h24H,3-13H2,1-2H3. The normalized spacial score (nSPS) is 19.4. The molecular formula is C20H29Br3N6. The van der Waals surface area contributed by atoms with Crippen LogP contribution < -0.4 is 10.2 Å². The predicted octanol–water partition coefficient (Wildman–Crippen LogP) is 3.68. The smallest absolute Gasteiger partial charge is 0.206 e. The molecule has 160 valence electrons. The fourth-order valence-electron chi connectivity index (χ4n) is 4.29. The van der Waals surface area contributed by atoms with Gasteiger partial charge in [0, 0.05) is 80.9 Å². The summed E-state index contributed by atoms with van der Waals surface area (Å²) in [6.45, 7) is 16.4. The maximum atomic E-state index is 5.07. The minimum absolute atomic E-state index is 0.898. The SMILES string of the molecule is CCn1c(N2CCN(CCN3CCNCC3)CC2)nc2c(Br)c(C)c(Br)c(Br)c21. The zero-order valence-electron chi connectivity index (χ0n) is 17.1. The number of nitrogens with zero attached hydrogens (tertiary/aromatic N) is 5. The van der Waals surface area contributed by atoms with Gasteiger partial charge in [-0.25, -0.2) is 4.98 Å². The van der Waals surface area contributed by atoms with Crippen LogP contribution in [0.3, 0.4) is 0 Å². The van der Waals surface area contributed by atoms with E-state index >= 15 is 0 Å². The van der Waals surface area contributed by atoms with Gasteiger partial charge in [-0.3, -0.25) is 9.80 Å². The molecule has 0 radical (unpaired) electrons. The molecule has 0 unspecified atom stereocenters. The number of benzene rings is 1. The molecular weight excluding hydrogens is 564 g/mol. The Labute approximate surface area is 198 Å². The fourth-order valence-corrected chi connectivity index (χ4v) is 6.12. The van der Waals surface area contributed by atoms with Crippen molar-refractivity contribution >= 4 is 64.8 Å². The van der Waals surface area contributed by atoms with Crippen molar-refractivity contribution in [2.24, 2.45) is 0 Å². The molecule has 0 aliphatic carbocycles. The highest BCUT2D eigenvalue weighted by Gasteiger charge is 2.25. The Morgan fingerprint density at radius 3 is 2.10 bits per heavy atom. The van der Waals surface area contributed by atoms with Crippen LogP contribution in [0.4, 0.5) is 5.95 Å². The van der Waals surface area contributed by atoms with Crippen molar-refractivity contribution in [3.63, 3.8) is 0 Å². The molecule has 1 aromatic heterocycles. The second-order valence-electron chi connectivity index (χ2n) is 7.84. The van der Waals surface area contributed by atoms with Gasteiger partial charge in [0.15, 0.2) is 0 Å². The molecule has 2 saturated heterocycles. The van der Waals surface area contributed by atoms with Gasteiger partial charge in [-0.15, -0.1) is 0 Å². The third-order valence-electron chi connectivity index (χ3n) is 6.13. The number of fused-ring (bicyclic) bond motifs is 1. The zero-order chi connectivity index (χ0) is 20.5. The number of rotatable bonds is 5. The van der Waals surface area contributed by atoms with Crippen molar-refractivity contribution in [3.05, 3.63) is 19.0 Å². The molecule has 6 nitrogen and oxygen atoms in total. The maximum absolute atomic E-state index is 5.07. The van der Waals surface area contributed by atoms with Crippen molar-refractivity contribution in [1.82, 2.24) is 24.7 Å². The van der Waals surface area contributed by atoms with Gasteiger partial charge in [-0.05, 0) is 67.2 Å². The summed E-state index contributed by atoms with van der Waals surface area (Å²) in [4.78, 5) is 12.7. The Balaban J connectivity index is 1.48. The molecule has 29 heavy (non-hydrogen) atoms. The van der Waals surface area contributed by atoms with E-state index in [-0.39, 0.29) is 0 Å². The monoisotopic (exact) mass is 590 g/mol. The molecule has 2 aliphatic heterocycles. The predicted molar refractivity (Wildman–Crippen MR) is 131 cm³/mol. The topological polar surface area (TPSA) is 39.6 Å². The number of piperazine rings is 2. The summed E-state index contributed by atoms with van der Waals surface area (Å²) in [5.74, 6) is 1.09. The van der Waals surface area contributed by atoms with Gasteiger partial charge in [0.1, 0.15) is 5.52 Å². The number of aryl methyl sites for hydroxylation is 1. The number of aromatic nitrogens is 2. The van der Waals surface area contributed by atoms with Gasteiger partial charge < -0.3 is 14.8 Å². The molecule has 1 aromatic carbocycles. The Morgan fingerprint density at radius 1 is 0.862 bits per heavy atom. The number of halogens is 3.